The molecule has 1 N–H and O–H groups in total. The van der Waals surface area contributed by atoms with E-state index >= 15 is 0 Å². The van der Waals surface area contributed by atoms with Crippen LogP contribution in [0.4, 0.5) is 0 Å². The summed E-state index contributed by atoms with van der Waals surface area (Å²) >= 11 is 1.35. The first-order valence-electron chi connectivity index (χ1n) is 5.02. The van der Waals surface area contributed by atoms with Gasteiger partial charge in [-0.05, 0) is 12.5 Å². The molecule has 3 nitrogen and oxygen atoms in total. The van der Waals surface area contributed by atoms with Gasteiger partial charge in [0.1, 0.15) is 16.6 Å². The van der Waals surface area contributed by atoms with Gasteiger partial charge in [-0.1, -0.05) is 24.3 Å². The lowest BCUT2D eigenvalue weighted by molar-refractivity contribution is 0.476. The Kier molecular flexibility index (Phi) is 3.22. The van der Waals surface area contributed by atoms with Gasteiger partial charge >= 0.3 is 0 Å². The molecule has 1 aromatic carbocycles. The van der Waals surface area contributed by atoms with Crippen LogP contribution in [0.1, 0.15) is 10.6 Å². The highest BCUT2D eigenvalue weighted by Gasteiger charge is 2.09. The van der Waals surface area contributed by atoms with Crippen LogP contribution in [0.5, 0.6) is 0 Å². The predicted molar refractivity (Wildman–Crippen MR) is 68.5 cm³/mol. The van der Waals surface area contributed by atoms with Gasteiger partial charge in [-0.3, -0.25) is 0 Å². The van der Waals surface area contributed by atoms with Crippen LogP contribution in [0, 0.1) is 18.3 Å². The van der Waals surface area contributed by atoms with E-state index in [1.54, 1.807) is 0 Å². The summed E-state index contributed by atoms with van der Waals surface area (Å²) in [5.74, 6) is 0. The van der Waals surface area contributed by atoms with E-state index in [4.69, 9.17) is 10.4 Å². The van der Waals surface area contributed by atoms with Gasteiger partial charge in [-0.25, -0.2) is 4.98 Å². The van der Waals surface area contributed by atoms with Crippen LogP contribution in [0.2, 0.25) is 0 Å². The number of aliphatic hydroxyl groups is 1. The summed E-state index contributed by atoms with van der Waals surface area (Å²) < 4.78 is 0. The van der Waals surface area contributed by atoms with Gasteiger partial charge in [0.15, 0.2) is 0 Å². The molecule has 0 aliphatic heterocycles. The second kappa shape index (κ2) is 4.81. The summed E-state index contributed by atoms with van der Waals surface area (Å²) in [6.45, 7) is 2.02. The maximum absolute atomic E-state index is 8.90. The van der Waals surface area contributed by atoms with Gasteiger partial charge in [0.2, 0.25) is 0 Å². The van der Waals surface area contributed by atoms with Crippen molar-refractivity contribution in [1.29, 1.82) is 5.26 Å². The maximum Gasteiger partial charge on any atom is 0.137 e. The SMILES string of the molecule is Cc1ccccc1-c1csc(C(C#N)=CO)n1. The van der Waals surface area contributed by atoms with Gasteiger partial charge in [0, 0.05) is 10.9 Å². The van der Waals surface area contributed by atoms with Gasteiger partial charge in [-0.2, -0.15) is 5.26 Å². The Bertz CT molecular complexity index is 608. The first kappa shape index (κ1) is 11.4. The number of aromatic nitrogens is 1. The van der Waals surface area contributed by atoms with Crippen molar-refractivity contribution in [2.75, 3.05) is 0 Å². The third kappa shape index (κ3) is 2.19. The standard InChI is InChI=1S/C13H10N2OS/c1-9-4-2-3-5-11(9)12-8-17-13(15-12)10(6-14)7-16/h2-5,7-8,16H,1H3. The van der Waals surface area contributed by atoms with Crippen LogP contribution in [0.3, 0.4) is 0 Å². The van der Waals surface area contributed by atoms with Crippen molar-refractivity contribution in [3.8, 4) is 17.3 Å². The topological polar surface area (TPSA) is 56.9 Å². The highest BCUT2D eigenvalue weighted by atomic mass is 32.1. The molecule has 0 aliphatic rings. The predicted octanol–water partition coefficient (Wildman–Crippen LogP) is 3.54. The van der Waals surface area contributed by atoms with Crippen molar-refractivity contribution in [3.63, 3.8) is 0 Å². The largest absolute Gasteiger partial charge is 0.514 e. The second-order valence-corrected chi connectivity index (χ2v) is 4.37. The lowest BCUT2D eigenvalue weighted by atomic mass is 10.1. The molecule has 84 valence electrons. The summed E-state index contributed by atoms with van der Waals surface area (Å²) in [5, 5.41) is 20.1. The molecule has 2 rings (SSSR count). The van der Waals surface area contributed by atoms with Crippen LogP contribution >= 0.6 is 11.3 Å². The number of thiazole rings is 1. The van der Waals surface area contributed by atoms with Crippen molar-refractivity contribution in [2.45, 2.75) is 6.92 Å². The Morgan fingerprint density at radius 1 is 1.47 bits per heavy atom. The van der Waals surface area contributed by atoms with Crippen LogP contribution in [-0.4, -0.2) is 10.1 Å². The van der Waals surface area contributed by atoms with Crippen LogP contribution in [-0.2, 0) is 0 Å². The fraction of sp³-hybridized carbons (Fsp3) is 0.0769. The third-order valence-electron chi connectivity index (χ3n) is 2.41. The average Bonchev–Trinajstić information content (AvgIpc) is 2.81. The molecule has 4 heteroatoms. The Morgan fingerprint density at radius 2 is 2.24 bits per heavy atom. The number of hydrogen-bond donors (Lipinski definition) is 1. The van der Waals surface area contributed by atoms with Crippen molar-refractivity contribution in [3.05, 3.63) is 46.5 Å². The van der Waals surface area contributed by atoms with E-state index in [1.165, 1.54) is 11.3 Å². The first-order chi connectivity index (χ1) is 8.26. The van der Waals surface area contributed by atoms with Crippen molar-refractivity contribution >= 4 is 16.9 Å². The Balaban J connectivity index is 2.44. The summed E-state index contributed by atoms with van der Waals surface area (Å²) in [6, 6.07) is 9.84. The highest BCUT2D eigenvalue weighted by Crippen LogP contribution is 2.27. The Labute approximate surface area is 103 Å². The molecule has 17 heavy (non-hydrogen) atoms. The molecule has 0 radical (unpaired) electrons. The fourth-order valence-corrected chi connectivity index (χ4v) is 2.29. The normalized spacial score (nSPS) is 11.2. The molecule has 0 bridgehead atoms. The minimum atomic E-state index is 0.190. The number of aryl methyl sites for hydroxylation is 1. The number of nitrogens with zero attached hydrogens (tertiary/aromatic N) is 2. The maximum atomic E-state index is 8.90. The molecule has 0 saturated carbocycles. The van der Waals surface area contributed by atoms with E-state index in [0.717, 1.165) is 23.1 Å². The molecule has 0 saturated heterocycles. The van der Waals surface area contributed by atoms with E-state index < -0.39 is 0 Å². The number of allylic oxidation sites excluding steroid dienone is 1. The summed E-state index contributed by atoms with van der Waals surface area (Å²) in [6.07, 6.45) is 0.792. The molecule has 0 unspecified atom stereocenters. The van der Waals surface area contributed by atoms with Crippen LogP contribution in [0.25, 0.3) is 16.8 Å². The number of benzene rings is 1. The minimum Gasteiger partial charge on any atom is -0.514 e. The van der Waals surface area contributed by atoms with E-state index in [1.807, 2.05) is 42.6 Å². The lowest BCUT2D eigenvalue weighted by Gasteiger charge is -2.00. The lowest BCUT2D eigenvalue weighted by Crippen LogP contribution is -1.84. The van der Waals surface area contributed by atoms with E-state index in [0.29, 0.717) is 5.01 Å². The molecule has 0 amide bonds. The molecule has 1 heterocycles. The molecule has 0 fully saturated rings. The zero-order valence-electron chi connectivity index (χ0n) is 9.21. The van der Waals surface area contributed by atoms with Gasteiger partial charge in [-0.15, -0.1) is 11.3 Å². The molecule has 1 aromatic heterocycles. The number of nitriles is 1. The molecule has 0 spiro atoms. The molecular formula is C13H10N2OS. The van der Waals surface area contributed by atoms with Gasteiger partial charge < -0.3 is 5.11 Å². The zero-order chi connectivity index (χ0) is 12.3. The average molecular weight is 242 g/mol. The van der Waals surface area contributed by atoms with Crippen molar-refractivity contribution < 1.29 is 5.11 Å². The molecule has 2 aromatic rings. The first-order valence-corrected chi connectivity index (χ1v) is 5.90. The quantitative estimate of drug-likeness (QED) is 0.647. The summed E-state index contributed by atoms with van der Waals surface area (Å²) in [4.78, 5) is 4.35. The van der Waals surface area contributed by atoms with Crippen molar-refractivity contribution in [1.82, 2.24) is 4.98 Å². The third-order valence-corrected chi connectivity index (χ3v) is 3.28. The minimum absolute atomic E-state index is 0.190. The molecular weight excluding hydrogens is 232 g/mol. The van der Waals surface area contributed by atoms with Crippen LogP contribution < -0.4 is 0 Å². The van der Waals surface area contributed by atoms with Gasteiger partial charge in [0.25, 0.3) is 0 Å². The van der Waals surface area contributed by atoms with E-state index in [2.05, 4.69) is 4.98 Å². The van der Waals surface area contributed by atoms with E-state index in [-0.39, 0.29) is 5.57 Å². The van der Waals surface area contributed by atoms with E-state index in [9.17, 15) is 0 Å². The number of rotatable bonds is 2. The Morgan fingerprint density at radius 3 is 2.88 bits per heavy atom. The number of aliphatic hydroxyl groups excluding tert-OH is 1. The Hall–Kier alpha value is -2.12. The zero-order valence-corrected chi connectivity index (χ0v) is 10.0. The highest BCUT2D eigenvalue weighted by molar-refractivity contribution is 7.11. The fourth-order valence-electron chi connectivity index (χ4n) is 1.51. The van der Waals surface area contributed by atoms with Gasteiger partial charge in [0.05, 0.1) is 12.0 Å². The second-order valence-electron chi connectivity index (χ2n) is 3.51. The molecule has 0 aliphatic carbocycles. The summed E-state index contributed by atoms with van der Waals surface area (Å²) in [7, 11) is 0. The van der Waals surface area contributed by atoms with Crippen molar-refractivity contribution in [2.24, 2.45) is 0 Å². The smallest absolute Gasteiger partial charge is 0.137 e. The number of hydrogen-bond acceptors (Lipinski definition) is 4. The molecule has 0 atom stereocenters. The summed E-state index contributed by atoms with van der Waals surface area (Å²) in [5.41, 5.74) is 3.20. The van der Waals surface area contributed by atoms with Crippen LogP contribution in [0.15, 0.2) is 35.9 Å². The monoisotopic (exact) mass is 242 g/mol.